The van der Waals surface area contributed by atoms with Crippen LogP contribution in [0.25, 0.3) is 0 Å². The summed E-state index contributed by atoms with van der Waals surface area (Å²) in [5.41, 5.74) is 5.06. The zero-order valence-corrected chi connectivity index (χ0v) is 12.0. The van der Waals surface area contributed by atoms with Gasteiger partial charge in [-0.15, -0.1) is 0 Å². The summed E-state index contributed by atoms with van der Waals surface area (Å²) in [5.74, 6) is -1.50. The maximum absolute atomic E-state index is 13.4. The molecule has 1 unspecified atom stereocenters. The molecule has 1 saturated heterocycles. The topological polar surface area (TPSA) is 89.3 Å². The van der Waals surface area contributed by atoms with Gasteiger partial charge >= 0.3 is 0 Å². The summed E-state index contributed by atoms with van der Waals surface area (Å²) >= 11 is 0. The van der Waals surface area contributed by atoms with E-state index in [1.165, 1.54) is 12.1 Å². The number of anilines is 1. The van der Waals surface area contributed by atoms with Crippen LogP contribution in [0.3, 0.4) is 0 Å². The number of halogens is 1. The molecule has 1 aliphatic rings. The van der Waals surface area contributed by atoms with Gasteiger partial charge in [0.1, 0.15) is 11.4 Å². The summed E-state index contributed by atoms with van der Waals surface area (Å²) in [6, 6.07) is 4.22. The van der Waals surface area contributed by atoms with Gasteiger partial charge in [-0.05, 0) is 43.5 Å². The third kappa shape index (κ3) is 3.09. The predicted molar refractivity (Wildman–Crippen MR) is 74.6 cm³/mol. The molecule has 0 aromatic heterocycles. The number of benzene rings is 1. The molecule has 7 heteroatoms. The van der Waals surface area contributed by atoms with Crippen molar-refractivity contribution < 1.29 is 17.6 Å². The van der Waals surface area contributed by atoms with E-state index in [4.69, 9.17) is 5.73 Å². The molecule has 1 heterocycles. The average molecular weight is 300 g/mol. The molecule has 1 aliphatic heterocycles. The number of rotatable bonds is 3. The second-order valence-electron chi connectivity index (χ2n) is 5.28. The van der Waals surface area contributed by atoms with Crippen molar-refractivity contribution in [2.75, 3.05) is 16.8 Å². The van der Waals surface area contributed by atoms with E-state index in [0.717, 1.165) is 0 Å². The minimum absolute atomic E-state index is 0.0475. The van der Waals surface area contributed by atoms with E-state index >= 15 is 0 Å². The fourth-order valence-corrected chi connectivity index (χ4v) is 4.39. The van der Waals surface area contributed by atoms with E-state index in [2.05, 4.69) is 5.32 Å². The van der Waals surface area contributed by atoms with Crippen molar-refractivity contribution in [1.82, 2.24) is 0 Å². The highest BCUT2D eigenvalue weighted by molar-refractivity contribution is 7.91. The molecule has 1 aromatic carbocycles. The van der Waals surface area contributed by atoms with Crippen LogP contribution in [0, 0.1) is 12.7 Å². The maximum atomic E-state index is 13.4. The molecule has 1 fully saturated rings. The first-order valence-electron chi connectivity index (χ1n) is 6.28. The molecule has 0 bridgehead atoms. The molecule has 0 saturated carbocycles. The number of amides is 1. The van der Waals surface area contributed by atoms with Gasteiger partial charge in [0.15, 0.2) is 9.84 Å². The quantitative estimate of drug-likeness (QED) is 0.871. The van der Waals surface area contributed by atoms with Crippen LogP contribution >= 0.6 is 0 Å². The Bertz CT molecular complexity index is 625. The molecule has 1 amide bonds. The van der Waals surface area contributed by atoms with Crippen molar-refractivity contribution in [3.05, 3.63) is 29.6 Å². The van der Waals surface area contributed by atoms with Crippen molar-refractivity contribution >= 4 is 21.4 Å². The fraction of sp³-hybridized carbons (Fsp3) is 0.462. The Morgan fingerprint density at radius 1 is 1.40 bits per heavy atom. The molecule has 0 spiro atoms. The number of hydrogen-bond donors (Lipinski definition) is 2. The second-order valence-corrected chi connectivity index (χ2v) is 7.47. The van der Waals surface area contributed by atoms with Gasteiger partial charge in [-0.25, -0.2) is 12.8 Å². The molecule has 20 heavy (non-hydrogen) atoms. The molecule has 0 radical (unpaired) electrons. The molecule has 1 atom stereocenters. The monoisotopic (exact) mass is 300 g/mol. The lowest BCUT2D eigenvalue weighted by Gasteiger charge is -2.35. The zero-order chi connectivity index (χ0) is 15.0. The Hall–Kier alpha value is -1.63. The summed E-state index contributed by atoms with van der Waals surface area (Å²) in [5, 5.41) is 2.84. The van der Waals surface area contributed by atoms with Gasteiger partial charge in [-0.3, -0.25) is 4.79 Å². The van der Waals surface area contributed by atoms with Gasteiger partial charge in [-0.1, -0.05) is 0 Å². The van der Waals surface area contributed by atoms with Crippen LogP contribution < -0.4 is 11.1 Å². The number of primary amides is 1. The van der Waals surface area contributed by atoms with Crippen molar-refractivity contribution in [1.29, 1.82) is 0 Å². The van der Waals surface area contributed by atoms with E-state index in [0.29, 0.717) is 24.1 Å². The van der Waals surface area contributed by atoms with Crippen LogP contribution in [0.15, 0.2) is 18.2 Å². The summed E-state index contributed by atoms with van der Waals surface area (Å²) in [6.07, 6.45) is 0.670. The lowest BCUT2D eigenvalue weighted by Crippen LogP contribution is -2.57. The summed E-state index contributed by atoms with van der Waals surface area (Å²) in [6.45, 7) is 1.71. The van der Waals surface area contributed by atoms with Crippen molar-refractivity contribution in [2.24, 2.45) is 5.73 Å². The average Bonchev–Trinajstić information content (AvgIpc) is 2.25. The first-order valence-corrected chi connectivity index (χ1v) is 8.10. The number of aryl methyl sites for hydroxylation is 1. The minimum atomic E-state index is -3.33. The van der Waals surface area contributed by atoms with Gasteiger partial charge in [-0.2, -0.15) is 0 Å². The van der Waals surface area contributed by atoms with E-state index in [9.17, 15) is 17.6 Å². The molecule has 5 nitrogen and oxygen atoms in total. The molecular formula is C13H17FN2O3S. The van der Waals surface area contributed by atoms with Gasteiger partial charge in [0.25, 0.3) is 0 Å². The first-order chi connectivity index (χ1) is 9.22. The number of hydrogen-bond acceptors (Lipinski definition) is 4. The lowest BCUT2D eigenvalue weighted by atomic mass is 9.94. The molecular weight excluding hydrogens is 283 g/mol. The highest BCUT2D eigenvalue weighted by atomic mass is 32.2. The van der Waals surface area contributed by atoms with Gasteiger partial charge in [0.2, 0.25) is 5.91 Å². The van der Waals surface area contributed by atoms with E-state index in [1.54, 1.807) is 13.0 Å². The van der Waals surface area contributed by atoms with Crippen LogP contribution in [0.5, 0.6) is 0 Å². The molecule has 2 rings (SSSR count). The largest absolute Gasteiger partial charge is 0.370 e. The SMILES string of the molecule is Cc1cc(F)cc(NC2(C(N)=O)CCCS(=O)(=O)C2)c1. The van der Waals surface area contributed by atoms with Gasteiger partial charge < -0.3 is 11.1 Å². The number of sulfone groups is 1. The molecule has 3 N–H and O–H groups in total. The van der Waals surface area contributed by atoms with Crippen LogP contribution in [0.2, 0.25) is 0 Å². The smallest absolute Gasteiger partial charge is 0.244 e. The van der Waals surface area contributed by atoms with Crippen LogP contribution in [0.4, 0.5) is 10.1 Å². The predicted octanol–water partition coefficient (Wildman–Crippen LogP) is 0.979. The Morgan fingerprint density at radius 2 is 2.10 bits per heavy atom. The summed E-state index contributed by atoms with van der Waals surface area (Å²) in [4.78, 5) is 11.7. The molecule has 110 valence electrons. The fourth-order valence-electron chi connectivity index (χ4n) is 2.55. The Kier molecular flexibility index (Phi) is 3.73. The zero-order valence-electron chi connectivity index (χ0n) is 11.1. The third-order valence-corrected chi connectivity index (χ3v) is 5.27. The normalized spacial score (nSPS) is 25.1. The van der Waals surface area contributed by atoms with Crippen molar-refractivity contribution in [3.63, 3.8) is 0 Å². The van der Waals surface area contributed by atoms with Crippen LogP contribution in [-0.4, -0.2) is 31.4 Å². The van der Waals surface area contributed by atoms with Gasteiger partial charge in [0.05, 0.1) is 11.5 Å². The Balaban J connectivity index is 2.37. The van der Waals surface area contributed by atoms with E-state index in [-0.39, 0.29) is 11.5 Å². The lowest BCUT2D eigenvalue weighted by molar-refractivity contribution is -0.122. The number of nitrogens with two attached hydrogens (primary N) is 1. The van der Waals surface area contributed by atoms with Crippen molar-refractivity contribution in [2.45, 2.75) is 25.3 Å². The first kappa shape index (κ1) is 14.8. The van der Waals surface area contributed by atoms with Crippen LogP contribution in [-0.2, 0) is 14.6 Å². The van der Waals surface area contributed by atoms with Gasteiger partial charge in [0, 0.05) is 5.69 Å². The third-order valence-electron chi connectivity index (χ3n) is 3.42. The van der Waals surface area contributed by atoms with E-state index < -0.39 is 27.1 Å². The number of carbonyl (C=O) groups is 1. The summed E-state index contributed by atoms with van der Waals surface area (Å²) in [7, 11) is -3.33. The standard InChI is InChI=1S/C13H17FN2O3S/c1-9-5-10(14)7-11(6-9)16-13(12(15)17)3-2-4-20(18,19)8-13/h5-7,16H,2-4,8H2,1H3,(H2,15,17). The Morgan fingerprint density at radius 3 is 2.65 bits per heavy atom. The Labute approximate surface area is 117 Å². The molecule has 1 aromatic rings. The van der Waals surface area contributed by atoms with Crippen LogP contribution in [0.1, 0.15) is 18.4 Å². The highest BCUT2D eigenvalue weighted by Gasteiger charge is 2.44. The van der Waals surface area contributed by atoms with E-state index in [1.807, 2.05) is 0 Å². The second kappa shape index (κ2) is 5.05. The maximum Gasteiger partial charge on any atom is 0.244 e. The minimum Gasteiger partial charge on any atom is -0.370 e. The number of carbonyl (C=O) groups excluding carboxylic acids is 1. The highest BCUT2D eigenvalue weighted by Crippen LogP contribution is 2.28. The van der Waals surface area contributed by atoms with Crippen molar-refractivity contribution in [3.8, 4) is 0 Å². The summed E-state index contributed by atoms with van der Waals surface area (Å²) < 4.78 is 36.9. The number of nitrogens with one attached hydrogen (secondary N) is 1. The molecule has 0 aliphatic carbocycles.